The number of hydrogen-bond acceptors (Lipinski definition) is 4. The largest absolute Gasteiger partial charge is 0.480 e. The van der Waals surface area contributed by atoms with Gasteiger partial charge in [0, 0.05) is 7.05 Å². The number of benzene rings is 1. The second kappa shape index (κ2) is 5.59. The number of aliphatic carboxylic acids is 1. The van der Waals surface area contributed by atoms with Gasteiger partial charge in [-0.05, 0) is 6.42 Å². The summed E-state index contributed by atoms with van der Waals surface area (Å²) in [7, 11) is 1.22. The minimum atomic E-state index is -1.23. The Kier molecular flexibility index (Phi) is 4.36. The summed E-state index contributed by atoms with van der Waals surface area (Å²) in [5.74, 6) is -3.58. The highest BCUT2D eigenvalue weighted by Gasteiger charge is 2.27. The average Bonchev–Trinajstić information content (AvgIpc) is 2.27. The molecule has 0 bridgehead atoms. The van der Waals surface area contributed by atoms with Gasteiger partial charge >= 0.3 is 5.97 Å². The zero-order valence-electron chi connectivity index (χ0n) is 10.3. The standard InChI is InChI=1S/C11H12F2N2O4/c1-3-9(11(16)17)14(2)10-7(12)4-6(15(18)19)5-8(10)13/h4-5,9H,3H2,1-2H3,(H,16,17). The van der Waals surface area contributed by atoms with Gasteiger partial charge in [0.1, 0.15) is 11.7 Å². The SMILES string of the molecule is CCC(C(=O)O)N(C)c1c(F)cc([N+](=O)[O-])cc1F. The number of rotatable bonds is 5. The van der Waals surface area contributed by atoms with Gasteiger partial charge < -0.3 is 10.0 Å². The molecule has 0 saturated heterocycles. The van der Waals surface area contributed by atoms with E-state index in [1.807, 2.05) is 0 Å². The van der Waals surface area contributed by atoms with Crippen molar-refractivity contribution >= 4 is 17.3 Å². The monoisotopic (exact) mass is 274 g/mol. The van der Waals surface area contributed by atoms with Crippen LogP contribution in [0.2, 0.25) is 0 Å². The van der Waals surface area contributed by atoms with Crippen molar-refractivity contribution in [2.45, 2.75) is 19.4 Å². The molecule has 1 rings (SSSR count). The van der Waals surface area contributed by atoms with Gasteiger partial charge in [-0.15, -0.1) is 0 Å². The maximum absolute atomic E-state index is 13.7. The lowest BCUT2D eigenvalue weighted by Gasteiger charge is -2.26. The Labute approximate surface area is 107 Å². The van der Waals surface area contributed by atoms with E-state index in [1.165, 1.54) is 7.05 Å². The third kappa shape index (κ3) is 2.95. The van der Waals surface area contributed by atoms with Crippen LogP contribution < -0.4 is 4.90 Å². The second-order valence-electron chi connectivity index (χ2n) is 3.89. The van der Waals surface area contributed by atoms with E-state index in [0.29, 0.717) is 12.1 Å². The molecule has 1 N–H and O–H groups in total. The van der Waals surface area contributed by atoms with Gasteiger partial charge in [-0.1, -0.05) is 6.92 Å². The first kappa shape index (κ1) is 14.8. The van der Waals surface area contributed by atoms with E-state index < -0.39 is 39.9 Å². The van der Waals surface area contributed by atoms with Crippen LogP contribution in [0.15, 0.2) is 12.1 Å². The topological polar surface area (TPSA) is 83.7 Å². The molecule has 1 aromatic carbocycles. The third-order valence-electron chi connectivity index (χ3n) is 2.70. The molecule has 0 radical (unpaired) electrons. The molecule has 0 aliphatic rings. The van der Waals surface area contributed by atoms with Gasteiger partial charge in [0.05, 0.1) is 17.1 Å². The summed E-state index contributed by atoms with van der Waals surface area (Å²) in [5, 5.41) is 19.4. The van der Waals surface area contributed by atoms with Crippen LogP contribution in [0.5, 0.6) is 0 Å². The molecule has 0 aromatic heterocycles. The van der Waals surface area contributed by atoms with Crippen LogP contribution in [0.1, 0.15) is 13.3 Å². The van der Waals surface area contributed by atoms with Crippen molar-refractivity contribution in [3.05, 3.63) is 33.9 Å². The van der Waals surface area contributed by atoms with E-state index in [-0.39, 0.29) is 6.42 Å². The van der Waals surface area contributed by atoms with Crippen LogP contribution in [0.3, 0.4) is 0 Å². The van der Waals surface area contributed by atoms with Crippen molar-refractivity contribution in [3.8, 4) is 0 Å². The zero-order valence-corrected chi connectivity index (χ0v) is 10.3. The Hall–Kier alpha value is -2.25. The molecule has 1 unspecified atom stereocenters. The first-order chi connectivity index (χ1) is 8.79. The lowest BCUT2D eigenvalue weighted by atomic mass is 10.1. The summed E-state index contributed by atoms with van der Waals surface area (Å²) in [5.41, 5.74) is -1.32. The van der Waals surface area contributed by atoms with Crippen LogP contribution in [0.4, 0.5) is 20.2 Å². The molecule has 19 heavy (non-hydrogen) atoms. The van der Waals surface area contributed by atoms with Gasteiger partial charge in [-0.3, -0.25) is 10.1 Å². The molecular weight excluding hydrogens is 262 g/mol. The number of non-ortho nitro benzene ring substituents is 1. The number of carboxylic acid groups (broad SMARTS) is 1. The molecule has 0 saturated carbocycles. The highest BCUT2D eigenvalue weighted by Crippen LogP contribution is 2.29. The van der Waals surface area contributed by atoms with Crippen LogP contribution in [0.25, 0.3) is 0 Å². The molecule has 0 spiro atoms. The van der Waals surface area contributed by atoms with Crippen molar-refractivity contribution in [2.75, 3.05) is 11.9 Å². The number of anilines is 1. The number of likely N-dealkylation sites (N-methyl/N-ethyl adjacent to an activating group) is 1. The maximum atomic E-state index is 13.7. The number of carbonyl (C=O) groups is 1. The molecule has 0 aliphatic heterocycles. The van der Waals surface area contributed by atoms with Crippen molar-refractivity contribution < 1.29 is 23.6 Å². The highest BCUT2D eigenvalue weighted by molar-refractivity contribution is 5.78. The van der Waals surface area contributed by atoms with E-state index in [1.54, 1.807) is 6.92 Å². The summed E-state index contributed by atoms with van der Waals surface area (Å²) >= 11 is 0. The highest BCUT2D eigenvalue weighted by atomic mass is 19.1. The van der Waals surface area contributed by atoms with Crippen molar-refractivity contribution in [1.82, 2.24) is 0 Å². The Morgan fingerprint density at radius 1 is 1.47 bits per heavy atom. The number of halogens is 2. The first-order valence-electron chi connectivity index (χ1n) is 5.38. The number of carboxylic acids is 1. The van der Waals surface area contributed by atoms with Crippen molar-refractivity contribution in [3.63, 3.8) is 0 Å². The normalized spacial score (nSPS) is 12.0. The molecule has 0 amide bonds. The van der Waals surface area contributed by atoms with Gasteiger partial charge in [-0.25, -0.2) is 13.6 Å². The van der Waals surface area contributed by atoms with E-state index in [4.69, 9.17) is 5.11 Å². The van der Waals surface area contributed by atoms with Crippen molar-refractivity contribution in [1.29, 1.82) is 0 Å². The first-order valence-corrected chi connectivity index (χ1v) is 5.38. The predicted octanol–water partition coefficient (Wildman–Crippen LogP) is 2.17. The predicted molar refractivity (Wildman–Crippen MR) is 63.1 cm³/mol. The van der Waals surface area contributed by atoms with E-state index in [2.05, 4.69) is 0 Å². The summed E-state index contributed by atoms with van der Waals surface area (Å²) in [6.45, 7) is 1.55. The molecule has 104 valence electrons. The van der Waals surface area contributed by atoms with Crippen LogP contribution in [-0.2, 0) is 4.79 Å². The molecule has 0 aliphatic carbocycles. The third-order valence-corrected chi connectivity index (χ3v) is 2.70. The lowest BCUT2D eigenvalue weighted by Crippen LogP contribution is -2.39. The van der Waals surface area contributed by atoms with E-state index in [0.717, 1.165) is 4.90 Å². The molecule has 8 heteroatoms. The fraction of sp³-hybridized carbons (Fsp3) is 0.364. The van der Waals surface area contributed by atoms with Gasteiger partial charge in [-0.2, -0.15) is 0 Å². The average molecular weight is 274 g/mol. The minimum Gasteiger partial charge on any atom is -0.480 e. The van der Waals surface area contributed by atoms with Gasteiger partial charge in [0.25, 0.3) is 5.69 Å². The van der Waals surface area contributed by atoms with Crippen LogP contribution >= 0.6 is 0 Å². The smallest absolute Gasteiger partial charge is 0.326 e. The van der Waals surface area contributed by atoms with Crippen LogP contribution in [0, 0.1) is 21.7 Å². The van der Waals surface area contributed by atoms with E-state index >= 15 is 0 Å². The number of hydrogen-bond donors (Lipinski definition) is 1. The number of nitrogens with zero attached hydrogens (tertiary/aromatic N) is 2. The second-order valence-corrected chi connectivity index (χ2v) is 3.89. The molecule has 0 heterocycles. The Bertz CT molecular complexity index is 498. The maximum Gasteiger partial charge on any atom is 0.326 e. The number of nitro benzene ring substituents is 1. The molecule has 0 fully saturated rings. The van der Waals surface area contributed by atoms with Crippen LogP contribution in [-0.4, -0.2) is 29.1 Å². The fourth-order valence-electron chi connectivity index (χ4n) is 1.76. The molecule has 1 atom stereocenters. The zero-order chi connectivity index (χ0) is 14.7. The summed E-state index contributed by atoms with van der Waals surface area (Å²) in [6.07, 6.45) is 0.127. The number of nitro groups is 1. The van der Waals surface area contributed by atoms with E-state index in [9.17, 15) is 23.7 Å². The lowest BCUT2D eigenvalue weighted by molar-refractivity contribution is -0.385. The van der Waals surface area contributed by atoms with Gasteiger partial charge in [0.15, 0.2) is 11.6 Å². The quantitative estimate of drug-likeness (QED) is 0.657. The molecule has 1 aromatic rings. The van der Waals surface area contributed by atoms with Crippen molar-refractivity contribution in [2.24, 2.45) is 0 Å². The Balaban J connectivity index is 3.27. The van der Waals surface area contributed by atoms with Gasteiger partial charge in [0.2, 0.25) is 0 Å². The Morgan fingerprint density at radius 2 is 1.95 bits per heavy atom. The molecule has 6 nitrogen and oxygen atoms in total. The summed E-state index contributed by atoms with van der Waals surface area (Å²) < 4.78 is 27.4. The summed E-state index contributed by atoms with van der Waals surface area (Å²) in [6, 6.07) is -0.00192. The minimum absolute atomic E-state index is 0.127. The fourth-order valence-corrected chi connectivity index (χ4v) is 1.76. The Morgan fingerprint density at radius 3 is 2.26 bits per heavy atom. The molecular formula is C11H12F2N2O4. The summed E-state index contributed by atoms with van der Waals surface area (Å²) in [4.78, 5) is 21.4.